The molecular weight excluding hydrogens is 208 g/mol. The normalized spacial score (nSPS) is 20.9. The summed E-state index contributed by atoms with van der Waals surface area (Å²) < 4.78 is 0. The molecule has 5 heteroatoms. The number of hydrogen-bond acceptors (Lipinski definition) is 5. The van der Waals surface area contributed by atoms with Crippen LogP contribution in [-0.2, 0) is 0 Å². The summed E-state index contributed by atoms with van der Waals surface area (Å²) in [5.41, 5.74) is 5.76. The van der Waals surface area contributed by atoms with E-state index in [1.165, 1.54) is 24.6 Å². The lowest BCUT2D eigenvalue weighted by atomic mass is 10.2. The largest absolute Gasteiger partial charge is 0.383 e. The van der Waals surface area contributed by atoms with Gasteiger partial charge in [0.2, 0.25) is 0 Å². The number of rotatable bonds is 2. The van der Waals surface area contributed by atoms with E-state index in [1.54, 1.807) is 0 Å². The van der Waals surface area contributed by atoms with Crippen LogP contribution in [0.15, 0.2) is 11.2 Å². The average Bonchev–Trinajstić information content (AvgIpc) is 2.63. The third-order valence-corrected chi connectivity index (χ3v) is 3.29. The highest BCUT2D eigenvalue weighted by Crippen LogP contribution is 2.25. The molecule has 1 fully saturated rings. The molecule has 1 aromatic rings. The van der Waals surface area contributed by atoms with Crippen LogP contribution in [0.4, 0.5) is 11.6 Å². The molecule has 4 nitrogen and oxygen atoms in total. The lowest BCUT2D eigenvalue weighted by Gasteiger charge is -2.22. The van der Waals surface area contributed by atoms with Gasteiger partial charge >= 0.3 is 0 Å². The fraction of sp³-hybridized carbons (Fsp3) is 0.600. The first-order chi connectivity index (χ1) is 7.20. The molecule has 0 aromatic carbocycles. The van der Waals surface area contributed by atoms with Crippen molar-refractivity contribution < 1.29 is 0 Å². The molecule has 0 amide bonds. The molecule has 1 aliphatic rings. The first kappa shape index (κ1) is 10.5. The van der Waals surface area contributed by atoms with E-state index in [1.807, 2.05) is 12.3 Å². The van der Waals surface area contributed by atoms with Crippen LogP contribution < -0.4 is 10.6 Å². The Labute approximate surface area is 94.3 Å². The van der Waals surface area contributed by atoms with Gasteiger partial charge in [-0.05, 0) is 26.0 Å². The summed E-state index contributed by atoms with van der Waals surface area (Å²) in [6.07, 6.45) is 4.43. The van der Waals surface area contributed by atoms with E-state index in [4.69, 9.17) is 5.73 Å². The van der Waals surface area contributed by atoms with Crippen LogP contribution in [0.5, 0.6) is 0 Å². The molecule has 1 aliphatic heterocycles. The molecule has 0 spiro atoms. The lowest BCUT2D eigenvalue weighted by molar-refractivity contribution is 0.720. The van der Waals surface area contributed by atoms with Gasteiger partial charge in [-0.25, -0.2) is 9.97 Å². The van der Waals surface area contributed by atoms with Crippen LogP contribution in [0, 0.1) is 0 Å². The quantitative estimate of drug-likeness (QED) is 0.613. The van der Waals surface area contributed by atoms with Crippen molar-refractivity contribution in [1.82, 2.24) is 9.97 Å². The lowest BCUT2D eigenvalue weighted by Crippen LogP contribution is -2.27. The third kappa shape index (κ3) is 2.17. The molecule has 0 radical (unpaired) electrons. The molecule has 0 bridgehead atoms. The summed E-state index contributed by atoms with van der Waals surface area (Å²) in [7, 11) is 0. The Morgan fingerprint density at radius 1 is 1.53 bits per heavy atom. The fourth-order valence-electron chi connectivity index (χ4n) is 1.94. The van der Waals surface area contributed by atoms with Gasteiger partial charge in [0.25, 0.3) is 0 Å². The smallest absolute Gasteiger partial charge is 0.191 e. The maximum atomic E-state index is 5.76. The van der Waals surface area contributed by atoms with Crippen molar-refractivity contribution in [3.8, 4) is 0 Å². The molecule has 2 N–H and O–H groups in total. The van der Waals surface area contributed by atoms with Crippen molar-refractivity contribution in [2.24, 2.45) is 0 Å². The second kappa shape index (κ2) is 4.26. The maximum absolute atomic E-state index is 5.76. The molecule has 82 valence electrons. The van der Waals surface area contributed by atoms with Gasteiger partial charge in [-0.2, -0.15) is 0 Å². The highest BCUT2D eigenvalue weighted by molar-refractivity contribution is 7.98. The predicted octanol–water partition coefficient (Wildman–Crippen LogP) is 1.77. The number of aromatic nitrogens is 2. The minimum atomic E-state index is 0.559. The first-order valence-electron chi connectivity index (χ1n) is 5.16. The molecule has 0 aliphatic carbocycles. The number of thioether (sulfide) groups is 1. The van der Waals surface area contributed by atoms with Crippen LogP contribution >= 0.6 is 11.8 Å². The van der Waals surface area contributed by atoms with Crippen LogP contribution in [0.25, 0.3) is 0 Å². The van der Waals surface area contributed by atoms with Crippen LogP contribution in [-0.4, -0.2) is 28.8 Å². The van der Waals surface area contributed by atoms with E-state index in [-0.39, 0.29) is 0 Å². The number of anilines is 2. The van der Waals surface area contributed by atoms with E-state index in [0.29, 0.717) is 11.9 Å². The van der Waals surface area contributed by atoms with Crippen molar-refractivity contribution in [2.45, 2.75) is 31.0 Å². The molecule has 1 atom stereocenters. The average molecular weight is 224 g/mol. The highest BCUT2D eigenvalue weighted by atomic mass is 32.2. The monoisotopic (exact) mass is 224 g/mol. The second-order valence-corrected chi connectivity index (χ2v) is 4.60. The molecule has 2 heterocycles. The van der Waals surface area contributed by atoms with E-state index >= 15 is 0 Å². The molecule has 15 heavy (non-hydrogen) atoms. The van der Waals surface area contributed by atoms with Gasteiger partial charge in [0.15, 0.2) is 5.16 Å². The molecular formula is C10H16N4S. The van der Waals surface area contributed by atoms with Gasteiger partial charge in [-0.3, -0.25) is 0 Å². The molecule has 0 saturated carbocycles. The molecule has 1 aromatic heterocycles. The van der Waals surface area contributed by atoms with Gasteiger partial charge in [0, 0.05) is 18.7 Å². The topological polar surface area (TPSA) is 55.0 Å². The van der Waals surface area contributed by atoms with Crippen molar-refractivity contribution in [3.05, 3.63) is 6.07 Å². The summed E-state index contributed by atoms with van der Waals surface area (Å²) >= 11 is 1.53. The Kier molecular flexibility index (Phi) is 3.00. The first-order valence-corrected chi connectivity index (χ1v) is 6.38. The highest BCUT2D eigenvalue weighted by Gasteiger charge is 2.22. The van der Waals surface area contributed by atoms with E-state index < -0.39 is 0 Å². The molecule has 1 unspecified atom stereocenters. The maximum Gasteiger partial charge on any atom is 0.191 e. The summed E-state index contributed by atoms with van der Waals surface area (Å²) in [5, 5.41) is 0.754. The van der Waals surface area contributed by atoms with Crippen molar-refractivity contribution in [2.75, 3.05) is 23.4 Å². The zero-order valence-electron chi connectivity index (χ0n) is 9.10. The Morgan fingerprint density at radius 2 is 2.33 bits per heavy atom. The van der Waals surface area contributed by atoms with Crippen LogP contribution in [0.3, 0.4) is 0 Å². The third-order valence-electron chi connectivity index (χ3n) is 2.74. The Bertz CT molecular complexity index is 355. The van der Waals surface area contributed by atoms with Gasteiger partial charge in [-0.1, -0.05) is 11.8 Å². The zero-order chi connectivity index (χ0) is 10.8. The second-order valence-electron chi connectivity index (χ2n) is 3.82. The fourth-order valence-corrected chi connectivity index (χ4v) is 2.32. The summed E-state index contributed by atoms with van der Waals surface area (Å²) in [6, 6.07) is 2.43. The van der Waals surface area contributed by atoms with Crippen molar-refractivity contribution in [3.63, 3.8) is 0 Å². The van der Waals surface area contributed by atoms with Gasteiger partial charge in [0.1, 0.15) is 11.6 Å². The SMILES string of the molecule is CSc1nc(N)cc(N2CCCC2C)n1. The number of nitrogens with two attached hydrogens (primary N) is 1. The van der Waals surface area contributed by atoms with Gasteiger partial charge in [0.05, 0.1) is 0 Å². The van der Waals surface area contributed by atoms with Crippen LogP contribution in [0.1, 0.15) is 19.8 Å². The standard InChI is InChI=1S/C10H16N4S/c1-7-4-3-5-14(7)9-6-8(11)12-10(13-9)15-2/h6-7H,3-5H2,1-2H3,(H2,11,12,13). The number of nitrogen functional groups attached to an aromatic ring is 1. The zero-order valence-corrected chi connectivity index (χ0v) is 9.92. The summed E-state index contributed by atoms with van der Waals surface area (Å²) in [4.78, 5) is 10.9. The van der Waals surface area contributed by atoms with Crippen molar-refractivity contribution >= 4 is 23.4 Å². The Balaban J connectivity index is 2.30. The minimum absolute atomic E-state index is 0.559. The molecule has 2 rings (SSSR count). The summed E-state index contributed by atoms with van der Waals surface area (Å²) in [6.45, 7) is 3.30. The van der Waals surface area contributed by atoms with Crippen molar-refractivity contribution in [1.29, 1.82) is 0 Å². The Morgan fingerprint density at radius 3 is 2.93 bits per heavy atom. The summed E-state index contributed by atoms with van der Waals surface area (Å²) in [5.74, 6) is 1.53. The van der Waals surface area contributed by atoms with E-state index in [2.05, 4.69) is 21.8 Å². The van der Waals surface area contributed by atoms with E-state index in [0.717, 1.165) is 17.5 Å². The predicted molar refractivity (Wildman–Crippen MR) is 64.3 cm³/mol. The number of hydrogen-bond donors (Lipinski definition) is 1. The van der Waals surface area contributed by atoms with Gasteiger partial charge < -0.3 is 10.6 Å². The Hall–Kier alpha value is -0.970. The van der Waals surface area contributed by atoms with Crippen LogP contribution in [0.2, 0.25) is 0 Å². The van der Waals surface area contributed by atoms with Gasteiger partial charge in [-0.15, -0.1) is 0 Å². The molecule has 1 saturated heterocycles. The number of nitrogens with zero attached hydrogens (tertiary/aromatic N) is 3. The minimum Gasteiger partial charge on any atom is -0.383 e. The van der Waals surface area contributed by atoms with E-state index in [9.17, 15) is 0 Å².